The molecule has 1 aromatic carbocycles. The predicted octanol–water partition coefficient (Wildman–Crippen LogP) is 4.53. The van der Waals surface area contributed by atoms with E-state index in [1.165, 1.54) is 6.07 Å². The fourth-order valence-corrected chi connectivity index (χ4v) is 2.55. The van der Waals surface area contributed by atoms with Crippen molar-refractivity contribution in [2.75, 3.05) is 6.54 Å². The molecule has 0 fully saturated rings. The summed E-state index contributed by atoms with van der Waals surface area (Å²) in [5.74, 6) is -0.223. The van der Waals surface area contributed by atoms with Gasteiger partial charge in [0.2, 0.25) is 0 Å². The number of hydrogen-bond acceptors (Lipinski definition) is 2. The Bertz CT molecular complexity index is 617. The van der Waals surface area contributed by atoms with E-state index in [4.69, 9.17) is 23.2 Å². The van der Waals surface area contributed by atoms with Crippen LogP contribution in [-0.2, 0) is 0 Å². The molecule has 0 radical (unpaired) electrons. The molecule has 1 N–H and O–H groups in total. The maximum Gasteiger partial charge on any atom is 0.126 e. The standard InChI is InChI=1S/C15H15Cl2FN2/c1-3-19-14(10-4-5-13(18)9(2)6-10)15-12(17)7-11(16)8-20-15/h4-8,14,19H,3H2,1-2H3. The van der Waals surface area contributed by atoms with Crippen LogP contribution >= 0.6 is 23.2 Å². The van der Waals surface area contributed by atoms with Crippen molar-refractivity contribution in [3.63, 3.8) is 0 Å². The number of hydrogen-bond donors (Lipinski definition) is 1. The van der Waals surface area contributed by atoms with Gasteiger partial charge in [-0.1, -0.05) is 42.3 Å². The Balaban J connectivity index is 2.47. The summed E-state index contributed by atoms with van der Waals surface area (Å²) < 4.78 is 13.4. The summed E-state index contributed by atoms with van der Waals surface area (Å²) in [4.78, 5) is 4.31. The summed E-state index contributed by atoms with van der Waals surface area (Å²) >= 11 is 12.1. The van der Waals surface area contributed by atoms with Gasteiger partial charge in [0.1, 0.15) is 5.82 Å². The van der Waals surface area contributed by atoms with Crippen molar-refractivity contribution in [1.29, 1.82) is 0 Å². The van der Waals surface area contributed by atoms with Crippen molar-refractivity contribution in [2.45, 2.75) is 19.9 Å². The SMILES string of the molecule is CCNC(c1ccc(F)c(C)c1)c1ncc(Cl)cc1Cl. The summed E-state index contributed by atoms with van der Waals surface area (Å²) in [7, 11) is 0. The molecule has 2 aromatic rings. The normalized spacial score (nSPS) is 12.4. The first-order valence-corrected chi connectivity index (χ1v) is 7.09. The Labute approximate surface area is 127 Å². The third kappa shape index (κ3) is 3.29. The third-order valence-corrected chi connectivity index (χ3v) is 3.54. The van der Waals surface area contributed by atoms with Gasteiger partial charge in [0.05, 0.1) is 21.8 Å². The van der Waals surface area contributed by atoms with Gasteiger partial charge in [-0.2, -0.15) is 0 Å². The Morgan fingerprint density at radius 3 is 2.65 bits per heavy atom. The number of pyridine rings is 1. The molecule has 2 nitrogen and oxygen atoms in total. The van der Waals surface area contributed by atoms with Gasteiger partial charge in [-0.25, -0.2) is 4.39 Å². The van der Waals surface area contributed by atoms with Crippen LogP contribution < -0.4 is 5.32 Å². The van der Waals surface area contributed by atoms with Crippen LogP contribution in [0.15, 0.2) is 30.5 Å². The predicted molar refractivity (Wildman–Crippen MR) is 80.9 cm³/mol. The number of rotatable bonds is 4. The van der Waals surface area contributed by atoms with E-state index in [2.05, 4.69) is 10.3 Å². The van der Waals surface area contributed by atoms with Crippen LogP contribution in [0.1, 0.15) is 29.8 Å². The van der Waals surface area contributed by atoms with E-state index in [0.29, 0.717) is 21.3 Å². The van der Waals surface area contributed by atoms with E-state index in [1.807, 2.05) is 6.92 Å². The molecule has 1 aromatic heterocycles. The van der Waals surface area contributed by atoms with Gasteiger partial charge in [0.25, 0.3) is 0 Å². The van der Waals surface area contributed by atoms with Crippen molar-refractivity contribution in [2.24, 2.45) is 0 Å². The highest BCUT2D eigenvalue weighted by molar-refractivity contribution is 6.34. The quantitative estimate of drug-likeness (QED) is 0.896. The van der Waals surface area contributed by atoms with Crippen molar-refractivity contribution in [3.05, 3.63) is 63.1 Å². The average Bonchev–Trinajstić information content (AvgIpc) is 2.40. The van der Waals surface area contributed by atoms with Crippen LogP contribution in [0, 0.1) is 12.7 Å². The van der Waals surface area contributed by atoms with Crippen molar-refractivity contribution >= 4 is 23.2 Å². The van der Waals surface area contributed by atoms with Gasteiger partial charge < -0.3 is 5.32 Å². The zero-order chi connectivity index (χ0) is 14.7. The van der Waals surface area contributed by atoms with Crippen molar-refractivity contribution < 1.29 is 4.39 Å². The van der Waals surface area contributed by atoms with E-state index in [1.54, 1.807) is 31.3 Å². The van der Waals surface area contributed by atoms with Crippen molar-refractivity contribution in [1.82, 2.24) is 10.3 Å². The second kappa shape index (κ2) is 6.53. The van der Waals surface area contributed by atoms with Crippen LogP contribution in [0.4, 0.5) is 4.39 Å². The lowest BCUT2D eigenvalue weighted by molar-refractivity contribution is 0.600. The summed E-state index contributed by atoms with van der Waals surface area (Å²) in [6.45, 7) is 4.47. The molecule has 0 aliphatic heterocycles. The lowest BCUT2D eigenvalue weighted by Crippen LogP contribution is -2.23. The Morgan fingerprint density at radius 2 is 2.05 bits per heavy atom. The Kier molecular flexibility index (Phi) is 4.97. The molecular formula is C15H15Cl2FN2. The van der Waals surface area contributed by atoms with E-state index in [0.717, 1.165) is 12.1 Å². The van der Waals surface area contributed by atoms with E-state index < -0.39 is 0 Å². The zero-order valence-corrected chi connectivity index (χ0v) is 12.8. The number of aryl methyl sites for hydroxylation is 1. The molecule has 0 bridgehead atoms. The van der Waals surface area contributed by atoms with E-state index >= 15 is 0 Å². The molecule has 0 spiro atoms. The minimum atomic E-state index is -0.223. The fraction of sp³-hybridized carbons (Fsp3) is 0.267. The van der Waals surface area contributed by atoms with Gasteiger partial charge >= 0.3 is 0 Å². The molecular weight excluding hydrogens is 298 g/mol. The van der Waals surface area contributed by atoms with Gasteiger partial charge in [0.15, 0.2) is 0 Å². The smallest absolute Gasteiger partial charge is 0.126 e. The molecule has 0 saturated heterocycles. The molecule has 0 amide bonds. The van der Waals surface area contributed by atoms with Gasteiger partial charge in [-0.3, -0.25) is 4.98 Å². The lowest BCUT2D eigenvalue weighted by atomic mass is 10.0. The second-order valence-electron chi connectivity index (χ2n) is 4.52. The first kappa shape index (κ1) is 15.2. The number of aromatic nitrogens is 1. The molecule has 20 heavy (non-hydrogen) atoms. The molecule has 106 valence electrons. The van der Waals surface area contributed by atoms with Crippen LogP contribution in [-0.4, -0.2) is 11.5 Å². The number of nitrogens with zero attached hydrogens (tertiary/aromatic N) is 1. The second-order valence-corrected chi connectivity index (χ2v) is 5.36. The summed E-state index contributed by atoms with van der Waals surface area (Å²) in [5.41, 5.74) is 2.20. The lowest BCUT2D eigenvalue weighted by Gasteiger charge is -2.19. The van der Waals surface area contributed by atoms with Crippen LogP contribution in [0.3, 0.4) is 0 Å². The minimum Gasteiger partial charge on any atom is -0.305 e. The van der Waals surface area contributed by atoms with Gasteiger partial charge in [-0.05, 0) is 36.7 Å². The number of halogens is 3. The average molecular weight is 313 g/mol. The van der Waals surface area contributed by atoms with Crippen LogP contribution in [0.2, 0.25) is 10.0 Å². The molecule has 0 aliphatic carbocycles. The van der Waals surface area contributed by atoms with E-state index in [9.17, 15) is 4.39 Å². The summed E-state index contributed by atoms with van der Waals surface area (Å²) in [6.07, 6.45) is 1.56. The molecule has 0 saturated carbocycles. The first-order valence-electron chi connectivity index (χ1n) is 6.33. The van der Waals surface area contributed by atoms with Crippen LogP contribution in [0.25, 0.3) is 0 Å². The van der Waals surface area contributed by atoms with Crippen LogP contribution in [0.5, 0.6) is 0 Å². The molecule has 1 heterocycles. The monoisotopic (exact) mass is 312 g/mol. The van der Waals surface area contributed by atoms with Crippen molar-refractivity contribution in [3.8, 4) is 0 Å². The summed E-state index contributed by atoms with van der Waals surface area (Å²) in [5, 5.41) is 4.29. The third-order valence-electron chi connectivity index (χ3n) is 3.03. The molecule has 5 heteroatoms. The highest BCUT2D eigenvalue weighted by Crippen LogP contribution is 2.29. The largest absolute Gasteiger partial charge is 0.305 e. The maximum atomic E-state index is 13.4. The molecule has 2 rings (SSSR count). The molecule has 0 aliphatic rings. The molecule has 1 atom stereocenters. The van der Waals surface area contributed by atoms with E-state index in [-0.39, 0.29) is 11.9 Å². The van der Waals surface area contributed by atoms with Gasteiger partial charge in [-0.15, -0.1) is 0 Å². The highest BCUT2D eigenvalue weighted by Gasteiger charge is 2.18. The highest BCUT2D eigenvalue weighted by atomic mass is 35.5. The summed E-state index contributed by atoms with van der Waals surface area (Å²) in [6, 6.07) is 6.46. The first-order chi connectivity index (χ1) is 9.52. The van der Waals surface area contributed by atoms with Gasteiger partial charge in [0, 0.05) is 6.20 Å². The number of nitrogens with one attached hydrogen (secondary N) is 1. The zero-order valence-electron chi connectivity index (χ0n) is 11.3. The Hall–Kier alpha value is -1.16. The molecule has 1 unspecified atom stereocenters. The fourth-order valence-electron chi connectivity index (χ4n) is 2.06. The topological polar surface area (TPSA) is 24.9 Å². The minimum absolute atomic E-state index is 0.191. The Morgan fingerprint density at radius 1 is 1.30 bits per heavy atom. The number of benzene rings is 1. The maximum absolute atomic E-state index is 13.4.